The van der Waals surface area contributed by atoms with Gasteiger partial charge in [0.1, 0.15) is 0 Å². The van der Waals surface area contributed by atoms with E-state index in [2.05, 4.69) is 17.6 Å². The van der Waals surface area contributed by atoms with Gasteiger partial charge in [-0.3, -0.25) is 4.79 Å². The van der Waals surface area contributed by atoms with E-state index in [9.17, 15) is 4.79 Å². The fraction of sp³-hybridized carbons (Fsp3) is 0.941. The molecule has 1 heterocycles. The Morgan fingerprint density at radius 3 is 2.35 bits per heavy atom. The summed E-state index contributed by atoms with van der Waals surface area (Å²) < 4.78 is 0. The third-order valence-corrected chi connectivity index (χ3v) is 6.64. The molecule has 5 rings (SSSR count). The molecule has 1 atom stereocenters. The minimum Gasteiger partial charge on any atom is -0.354 e. The number of nitrogens with one attached hydrogen (secondary N) is 2. The van der Waals surface area contributed by atoms with E-state index in [1.54, 1.807) is 0 Å². The van der Waals surface area contributed by atoms with Gasteiger partial charge in [-0.1, -0.05) is 0 Å². The Kier molecular flexibility index (Phi) is 3.10. The van der Waals surface area contributed by atoms with Crippen molar-refractivity contribution in [1.82, 2.24) is 10.6 Å². The molecular formula is C17H28N2O. The van der Waals surface area contributed by atoms with Gasteiger partial charge in [0, 0.05) is 18.0 Å². The lowest BCUT2D eigenvalue weighted by Gasteiger charge is -2.53. The molecule has 4 saturated carbocycles. The summed E-state index contributed by atoms with van der Waals surface area (Å²) in [6, 6.07) is 0. The second-order valence-corrected chi connectivity index (χ2v) is 8.27. The summed E-state index contributed by atoms with van der Waals surface area (Å²) in [6.07, 6.45) is 9.23. The molecule has 0 spiro atoms. The molecule has 0 aromatic heterocycles. The lowest BCUT2D eigenvalue weighted by atomic mass is 9.51. The minimum atomic E-state index is 0.140. The van der Waals surface area contributed by atoms with Gasteiger partial charge in [-0.05, 0) is 82.1 Å². The fourth-order valence-corrected chi connectivity index (χ4v) is 5.86. The predicted octanol–water partition coefficient (Wildman–Crippen LogP) is 2.32. The van der Waals surface area contributed by atoms with Crippen molar-refractivity contribution < 1.29 is 4.79 Å². The van der Waals surface area contributed by atoms with E-state index >= 15 is 0 Å². The standard InChI is InChI=1S/C17H28N2O/c1-17(3-2-4-19-17)10-18-16(20)15-13-6-11-5-12(8-13)9-14(15)7-11/h11-15,19H,2-10H2,1H3,(H,18,20). The third kappa shape index (κ3) is 2.18. The first kappa shape index (κ1) is 13.1. The monoisotopic (exact) mass is 276 g/mol. The van der Waals surface area contributed by atoms with Gasteiger partial charge in [-0.2, -0.15) is 0 Å². The van der Waals surface area contributed by atoms with Crippen LogP contribution in [0.4, 0.5) is 0 Å². The lowest BCUT2D eigenvalue weighted by molar-refractivity contribution is -0.138. The highest BCUT2D eigenvalue weighted by molar-refractivity contribution is 5.79. The number of hydrogen-bond acceptors (Lipinski definition) is 2. The van der Waals surface area contributed by atoms with Crippen molar-refractivity contribution in [1.29, 1.82) is 0 Å². The first-order chi connectivity index (χ1) is 9.63. The molecule has 20 heavy (non-hydrogen) atoms. The molecule has 1 unspecified atom stereocenters. The molecule has 3 heteroatoms. The molecule has 1 amide bonds. The Hall–Kier alpha value is -0.570. The van der Waals surface area contributed by atoms with Gasteiger partial charge in [0.15, 0.2) is 0 Å². The smallest absolute Gasteiger partial charge is 0.223 e. The van der Waals surface area contributed by atoms with Crippen molar-refractivity contribution in [3.8, 4) is 0 Å². The van der Waals surface area contributed by atoms with E-state index in [-0.39, 0.29) is 5.54 Å². The van der Waals surface area contributed by atoms with Crippen molar-refractivity contribution in [3.63, 3.8) is 0 Å². The Bertz CT molecular complexity index is 372. The highest BCUT2D eigenvalue weighted by Gasteiger charge is 2.50. The fourth-order valence-electron chi connectivity index (χ4n) is 5.86. The normalized spacial score (nSPS) is 49.5. The van der Waals surface area contributed by atoms with Crippen LogP contribution in [0.15, 0.2) is 0 Å². The molecule has 5 aliphatic rings. The first-order valence-electron chi connectivity index (χ1n) is 8.66. The molecule has 4 bridgehead atoms. The molecule has 0 radical (unpaired) electrons. The van der Waals surface area contributed by atoms with E-state index in [1.165, 1.54) is 44.9 Å². The summed E-state index contributed by atoms with van der Waals surface area (Å²) in [4.78, 5) is 12.7. The van der Waals surface area contributed by atoms with Gasteiger partial charge >= 0.3 is 0 Å². The topological polar surface area (TPSA) is 41.1 Å². The summed E-state index contributed by atoms with van der Waals surface area (Å²) in [5.41, 5.74) is 0.140. The molecule has 0 aromatic rings. The molecule has 5 fully saturated rings. The van der Waals surface area contributed by atoms with Gasteiger partial charge in [-0.15, -0.1) is 0 Å². The largest absolute Gasteiger partial charge is 0.354 e. The quantitative estimate of drug-likeness (QED) is 0.830. The van der Waals surface area contributed by atoms with Crippen LogP contribution in [0, 0.1) is 29.6 Å². The molecule has 1 aliphatic heterocycles. The Balaban J connectivity index is 1.39. The van der Waals surface area contributed by atoms with Crippen LogP contribution in [0.25, 0.3) is 0 Å². The maximum absolute atomic E-state index is 12.7. The minimum absolute atomic E-state index is 0.140. The summed E-state index contributed by atoms with van der Waals surface area (Å²) in [6.45, 7) is 4.16. The van der Waals surface area contributed by atoms with Crippen LogP contribution >= 0.6 is 0 Å². The summed E-state index contributed by atoms with van der Waals surface area (Å²) in [5.74, 6) is 4.03. The van der Waals surface area contributed by atoms with Crippen molar-refractivity contribution in [2.75, 3.05) is 13.1 Å². The van der Waals surface area contributed by atoms with Crippen molar-refractivity contribution in [3.05, 3.63) is 0 Å². The van der Waals surface area contributed by atoms with Crippen LogP contribution in [-0.2, 0) is 4.79 Å². The Labute approximate surface area is 122 Å². The molecule has 4 aliphatic carbocycles. The van der Waals surface area contributed by atoms with Gasteiger partial charge in [0.25, 0.3) is 0 Å². The molecule has 1 saturated heterocycles. The molecule has 3 nitrogen and oxygen atoms in total. The van der Waals surface area contributed by atoms with Crippen molar-refractivity contribution >= 4 is 5.91 Å². The van der Waals surface area contributed by atoms with E-state index in [0.29, 0.717) is 23.7 Å². The molecule has 0 aromatic carbocycles. The Morgan fingerprint density at radius 1 is 1.15 bits per heavy atom. The first-order valence-corrected chi connectivity index (χ1v) is 8.66. The van der Waals surface area contributed by atoms with Crippen LogP contribution in [-0.4, -0.2) is 24.5 Å². The zero-order valence-corrected chi connectivity index (χ0v) is 12.7. The second kappa shape index (κ2) is 4.72. The number of hydrogen-bond donors (Lipinski definition) is 2. The third-order valence-electron chi connectivity index (χ3n) is 6.64. The van der Waals surface area contributed by atoms with Crippen molar-refractivity contribution in [2.45, 2.75) is 57.4 Å². The number of amides is 1. The number of carbonyl (C=O) groups excluding carboxylic acids is 1. The van der Waals surface area contributed by atoms with Crippen LogP contribution in [0.1, 0.15) is 51.9 Å². The van der Waals surface area contributed by atoms with E-state index in [4.69, 9.17) is 0 Å². The van der Waals surface area contributed by atoms with Gasteiger partial charge < -0.3 is 10.6 Å². The van der Waals surface area contributed by atoms with Crippen LogP contribution in [0.5, 0.6) is 0 Å². The zero-order valence-electron chi connectivity index (χ0n) is 12.7. The molecular weight excluding hydrogens is 248 g/mol. The number of carbonyl (C=O) groups is 1. The van der Waals surface area contributed by atoms with Crippen LogP contribution < -0.4 is 10.6 Å². The van der Waals surface area contributed by atoms with E-state index < -0.39 is 0 Å². The average molecular weight is 276 g/mol. The summed E-state index contributed by atoms with van der Waals surface area (Å²) >= 11 is 0. The predicted molar refractivity (Wildman–Crippen MR) is 79.2 cm³/mol. The van der Waals surface area contributed by atoms with Gasteiger partial charge in [0.2, 0.25) is 5.91 Å². The maximum Gasteiger partial charge on any atom is 0.223 e. The van der Waals surface area contributed by atoms with E-state index in [0.717, 1.165) is 24.9 Å². The molecule has 112 valence electrons. The zero-order chi connectivity index (χ0) is 13.7. The maximum atomic E-state index is 12.7. The van der Waals surface area contributed by atoms with Crippen molar-refractivity contribution in [2.24, 2.45) is 29.6 Å². The van der Waals surface area contributed by atoms with Crippen LogP contribution in [0.2, 0.25) is 0 Å². The Morgan fingerprint density at radius 2 is 1.80 bits per heavy atom. The molecule has 2 N–H and O–H groups in total. The van der Waals surface area contributed by atoms with Gasteiger partial charge in [0.05, 0.1) is 0 Å². The highest BCUT2D eigenvalue weighted by atomic mass is 16.1. The SMILES string of the molecule is CC1(CNC(=O)C2C3CC4CC(C3)CC2C4)CCCN1. The number of rotatable bonds is 3. The van der Waals surface area contributed by atoms with Crippen LogP contribution in [0.3, 0.4) is 0 Å². The highest BCUT2D eigenvalue weighted by Crippen LogP contribution is 2.56. The average Bonchev–Trinajstić information content (AvgIpc) is 2.83. The lowest BCUT2D eigenvalue weighted by Crippen LogP contribution is -2.54. The summed E-state index contributed by atoms with van der Waals surface area (Å²) in [7, 11) is 0. The van der Waals surface area contributed by atoms with Gasteiger partial charge in [-0.25, -0.2) is 0 Å². The second-order valence-electron chi connectivity index (χ2n) is 8.27. The van der Waals surface area contributed by atoms with E-state index in [1.807, 2.05) is 0 Å². The summed E-state index contributed by atoms with van der Waals surface area (Å²) in [5, 5.41) is 6.83.